The molecule has 0 spiro atoms. The van der Waals surface area contributed by atoms with Crippen molar-refractivity contribution in [2.24, 2.45) is 0 Å². The smallest absolute Gasteiger partial charge is 0.387 e. The zero-order chi connectivity index (χ0) is 15.7. The van der Waals surface area contributed by atoms with Gasteiger partial charge in [0, 0.05) is 0 Å². The lowest BCUT2D eigenvalue weighted by Crippen LogP contribution is -2.12. The molecule has 2 N–H and O–H groups in total. The van der Waals surface area contributed by atoms with Gasteiger partial charge in [-0.3, -0.25) is 15.2 Å². The van der Waals surface area contributed by atoms with Crippen LogP contribution in [-0.4, -0.2) is 27.7 Å². The maximum Gasteiger partial charge on any atom is 0.387 e. The van der Waals surface area contributed by atoms with Crippen molar-refractivity contribution in [2.75, 3.05) is 5.32 Å². The lowest BCUT2D eigenvalue weighted by atomic mass is 10.3. The Morgan fingerprint density at radius 1 is 1.45 bits per heavy atom. The molecule has 114 valence electrons. The quantitative estimate of drug-likeness (QED) is 0.758. The van der Waals surface area contributed by atoms with Crippen LogP contribution in [0.3, 0.4) is 0 Å². The first kappa shape index (κ1) is 14.7. The number of nitrogens with one attached hydrogen (secondary N) is 2. The fourth-order valence-corrected chi connectivity index (χ4v) is 2.79. The number of hydrogen-bond acceptors (Lipinski definition) is 5. The average molecular weight is 345 g/mol. The third-order valence-corrected chi connectivity index (χ3v) is 3.85. The number of alkyl halides is 2. The maximum absolute atomic E-state index is 12.2. The summed E-state index contributed by atoms with van der Waals surface area (Å²) in [7, 11) is 0. The topological polar surface area (TPSA) is 79.9 Å². The molecular weight excluding hydrogens is 338 g/mol. The van der Waals surface area contributed by atoms with E-state index in [0.29, 0.717) is 15.3 Å². The van der Waals surface area contributed by atoms with Gasteiger partial charge in [-0.25, -0.2) is 4.98 Å². The van der Waals surface area contributed by atoms with Crippen LogP contribution in [0.4, 0.5) is 13.9 Å². The highest BCUT2D eigenvalue weighted by Gasteiger charge is 2.15. The van der Waals surface area contributed by atoms with E-state index in [1.165, 1.54) is 24.4 Å². The highest BCUT2D eigenvalue weighted by Crippen LogP contribution is 2.30. The Hall–Kier alpha value is -2.26. The van der Waals surface area contributed by atoms with Crippen molar-refractivity contribution in [2.45, 2.75) is 6.61 Å². The van der Waals surface area contributed by atoms with Gasteiger partial charge >= 0.3 is 6.61 Å². The summed E-state index contributed by atoms with van der Waals surface area (Å²) in [6.07, 6.45) is 1.31. The van der Waals surface area contributed by atoms with Crippen molar-refractivity contribution in [3.63, 3.8) is 0 Å². The number of aromatic nitrogens is 3. The number of nitrogens with zero attached hydrogens (tertiary/aromatic N) is 2. The minimum absolute atomic E-state index is 0.0284. The number of benzene rings is 1. The summed E-state index contributed by atoms with van der Waals surface area (Å²) in [5.74, 6) is -0.466. The molecule has 3 rings (SSSR count). The van der Waals surface area contributed by atoms with Gasteiger partial charge in [-0.1, -0.05) is 22.9 Å². The molecule has 0 radical (unpaired) electrons. The van der Waals surface area contributed by atoms with Gasteiger partial charge in [-0.15, -0.1) is 0 Å². The normalized spacial score (nSPS) is 11.1. The molecule has 0 atom stereocenters. The van der Waals surface area contributed by atoms with Gasteiger partial charge in [0.25, 0.3) is 5.91 Å². The van der Waals surface area contributed by atoms with Crippen molar-refractivity contribution >= 4 is 44.2 Å². The lowest BCUT2D eigenvalue weighted by Gasteiger charge is -2.02. The van der Waals surface area contributed by atoms with E-state index in [2.05, 4.69) is 25.2 Å². The van der Waals surface area contributed by atoms with Gasteiger partial charge in [-0.05, 0) is 18.2 Å². The first-order chi connectivity index (χ1) is 10.5. The summed E-state index contributed by atoms with van der Waals surface area (Å²) in [6, 6.07) is 4.34. The fourth-order valence-electron chi connectivity index (χ4n) is 1.72. The van der Waals surface area contributed by atoms with Gasteiger partial charge in [-0.2, -0.15) is 13.9 Å². The van der Waals surface area contributed by atoms with Crippen LogP contribution in [0.5, 0.6) is 5.75 Å². The number of H-pyrrole nitrogens is 1. The van der Waals surface area contributed by atoms with Crippen molar-refractivity contribution in [3.05, 3.63) is 35.1 Å². The molecule has 0 saturated heterocycles. The third kappa shape index (κ3) is 3.00. The third-order valence-electron chi connectivity index (χ3n) is 2.63. The molecule has 10 heteroatoms. The number of halogens is 3. The minimum Gasteiger partial charge on any atom is -0.435 e. The van der Waals surface area contributed by atoms with Crippen LogP contribution in [0.1, 0.15) is 10.5 Å². The largest absolute Gasteiger partial charge is 0.435 e. The molecule has 3 aromatic rings. The van der Waals surface area contributed by atoms with Crippen LogP contribution in [0, 0.1) is 0 Å². The molecule has 0 aliphatic carbocycles. The van der Waals surface area contributed by atoms with Crippen LogP contribution in [0.25, 0.3) is 10.2 Å². The van der Waals surface area contributed by atoms with Crippen LogP contribution >= 0.6 is 22.9 Å². The highest BCUT2D eigenvalue weighted by molar-refractivity contribution is 7.22. The standard InChI is InChI=1S/C12H7ClF2N4O2S/c13-6-4-16-19-9(6)10(20)18-12-17-7-2-1-5(21-11(14)15)3-8(7)22-12/h1-4,11H,(H,16,19)(H,17,18,20). The first-order valence-corrected chi connectivity index (χ1v) is 7.08. The number of carbonyl (C=O) groups is 1. The Morgan fingerprint density at radius 2 is 2.27 bits per heavy atom. The van der Waals surface area contributed by atoms with Crippen molar-refractivity contribution < 1.29 is 18.3 Å². The first-order valence-electron chi connectivity index (χ1n) is 5.88. The van der Waals surface area contributed by atoms with E-state index < -0.39 is 12.5 Å². The minimum atomic E-state index is -2.90. The van der Waals surface area contributed by atoms with E-state index in [-0.39, 0.29) is 16.5 Å². The second kappa shape index (κ2) is 5.85. The predicted octanol–water partition coefficient (Wildman–Crippen LogP) is 3.53. The number of anilines is 1. The number of fused-ring (bicyclic) bond motifs is 1. The van der Waals surface area contributed by atoms with Crippen molar-refractivity contribution in [1.29, 1.82) is 0 Å². The highest BCUT2D eigenvalue weighted by atomic mass is 35.5. The van der Waals surface area contributed by atoms with E-state index in [1.807, 2.05) is 0 Å². The summed E-state index contributed by atoms with van der Waals surface area (Å²) in [6.45, 7) is -2.90. The average Bonchev–Trinajstić information content (AvgIpc) is 3.03. The number of amides is 1. The van der Waals surface area contributed by atoms with Crippen LogP contribution in [0.2, 0.25) is 5.02 Å². The summed E-state index contributed by atoms with van der Waals surface area (Å²) < 4.78 is 29.3. The predicted molar refractivity (Wildman–Crippen MR) is 77.8 cm³/mol. The number of hydrogen-bond donors (Lipinski definition) is 2. The Balaban J connectivity index is 1.83. The molecule has 1 aromatic carbocycles. The zero-order valence-corrected chi connectivity index (χ0v) is 12.2. The van der Waals surface area contributed by atoms with Gasteiger partial charge in [0.1, 0.15) is 11.4 Å². The van der Waals surface area contributed by atoms with E-state index in [1.54, 1.807) is 0 Å². The van der Waals surface area contributed by atoms with Crippen LogP contribution in [-0.2, 0) is 0 Å². The zero-order valence-electron chi connectivity index (χ0n) is 10.6. The van der Waals surface area contributed by atoms with Gasteiger partial charge in [0.05, 0.1) is 21.4 Å². The summed E-state index contributed by atoms with van der Waals surface area (Å²) in [5.41, 5.74) is 0.667. The van der Waals surface area contributed by atoms with Crippen molar-refractivity contribution in [3.8, 4) is 5.75 Å². The molecule has 0 aliphatic rings. The molecule has 0 aliphatic heterocycles. The SMILES string of the molecule is O=C(Nc1nc2ccc(OC(F)F)cc2s1)c1[nH]ncc1Cl. The Bertz CT molecular complexity index is 836. The number of rotatable bonds is 4. The molecule has 0 bridgehead atoms. The van der Waals surface area contributed by atoms with Crippen molar-refractivity contribution in [1.82, 2.24) is 15.2 Å². The molecule has 2 aromatic heterocycles. The number of carbonyl (C=O) groups excluding carboxylic acids is 1. The number of thiazole rings is 1. The molecular formula is C12H7ClF2N4O2S. The van der Waals surface area contributed by atoms with Gasteiger partial charge < -0.3 is 4.74 Å². The van der Waals surface area contributed by atoms with E-state index in [9.17, 15) is 13.6 Å². The number of ether oxygens (including phenoxy) is 1. The Labute approximate surface area is 131 Å². The molecule has 6 nitrogen and oxygen atoms in total. The Kier molecular flexibility index (Phi) is 3.90. The van der Waals surface area contributed by atoms with Gasteiger partial charge in [0.2, 0.25) is 0 Å². The van der Waals surface area contributed by atoms with Crippen LogP contribution < -0.4 is 10.1 Å². The Morgan fingerprint density at radius 3 is 2.95 bits per heavy atom. The summed E-state index contributed by atoms with van der Waals surface area (Å²) in [5, 5.41) is 9.16. The van der Waals surface area contributed by atoms with Gasteiger partial charge in [0.15, 0.2) is 5.13 Å². The fraction of sp³-hybridized carbons (Fsp3) is 0.0833. The number of aromatic amines is 1. The second-order valence-corrected chi connectivity index (χ2v) is 5.51. The van der Waals surface area contributed by atoms with E-state index >= 15 is 0 Å². The molecule has 0 unspecified atom stereocenters. The molecule has 0 saturated carbocycles. The summed E-state index contributed by atoms with van der Waals surface area (Å²) >= 11 is 6.91. The molecule has 0 fully saturated rings. The lowest BCUT2D eigenvalue weighted by molar-refractivity contribution is -0.0497. The van der Waals surface area contributed by atoms with Crippen LogP contribution in [0.15, 0.2) is 24.4 Å². The molecule has 22 heavy (non-hydrogen) atoms. The second-order valence-electron chi connectivity index (χ2n) is 4.07. The summed E-state index contributed by atoms with van der Waals surface area (Å²) in [4.78, 5) is 16.1. The van der Waals surface area contributed by atoms with E-state index in [0.717, 1.165) is 11.3 Å². The monoisotopic (exact) mass is 344 g/mol. The maximum atomic E-state index is 12.2. The molecule has 1 amide bonds. The van der Waals surface area contributed by atoms with E-state index in [4.69, 9.17) is 11.6 Å². The molecule has 2 heterocycles.